The number of ether oxygens (including phenoxy) is 1. The Hall–Kier alpha value is -1.65. The summed E-state index contributed by atoms with van der Waals surface area (Å²) in [5, 5.41) is 8.56. The summed E-state index contributed by atoms with van der Waals surface area (Å²) in [5.41, 5.74) is 0.579. The van der Waals surface area contributed by atoms with Crippen LogP contribution in [0.5, 0.6) is 5.88 Å². The Kier molecular flexibility index (Phi) is 2.79. The third-order valence-electron chi connectivity index (χ3n) is 1.47. The number of carboxylic acid groups (broad SMARTS) is 1. The van der Waals surface area contributed by atoms with Crippen LogP contribution in [-0.2, 0) is 4.79 Å². The first-order valence-corrected chi connectivity index (χ1v) is 3.78. The van der Waals surface area contributed by atoms with Gasteiger partial charge in [0.15, 0.2) is 6.10 Å². The smallest absolute Gasteiger partial charge is 0.344 e. The van der Waals surface area contributed by atoms with E-state index >= 15 is 0 Å². The maximum Gasteiger partial charge on any atom is 0.344 e. The van der Waals surface area contributed by atoms with Gasteiger partial charge >= 0.3 is 5.97 Å². The van der Waals surface area contributed by atoms with Crippen LogP contribution in [0.3, 0.4) is 0 Å². The number of hydrogen-bond acceptors (Lipinski definition) is 4. The minimum atomic E-state index is -1.02. The zero-order valence-electron chi connectivity index (χ0n) is 7.39. The first-order chi connectivity index (χ1) is 6.11. The second-order valence-electron chi connectivity index (χ2n) is 2.55. The molecule has 13 heavy (non-hydrogen) atoms. The highest BCUT2D eigenvalue weighted by Crippen LogP contribution is 2.11. The van der Waals surface area contributed by atoms with E-state index in [1.165, 1.54) is 19.3 Å². The number of carboxylic acids is 1. The lowest BCUT2D eigenvalue weighted by atomic mass is 10.4. The third kappa shape index (κ3) is 2.40. The Balaban J connectivity index is 2.74. The summed E-state index contributed by atoms with van der Waals surface area (Å²) in [4.78, 5) is 18.2. The Morgan fingerprint density at radius 3 is 2.69 bits per heavy atom. The van der Waals surface area contributed by atoms with Crippen LogP contribution < -0.4 is 4.74 Å². The highest BCUT2D eigenvalue weighted by molar-refractivity contribution is 5.72. The van der Waals surface area contributed by atoms with Gasteiger partial charge in [-0.2, -0.15) is 0 Å². The fraction of sp³-hybridized carbons (Fsp3) is 0.375. The molecule has 0 bridgehead atoms. The van der Waals surface area contributed by atoms with E-state index in [4.69, 9.17) is 9.84 Å². The zero-order valence-corrected chi connectivity index (χ0v) is 7.39. The number of hydrogen-bond donors (Lipinski definition) is 1. The monoisotopic (exact) mass is 182 g/mol. The molecule has 1 aromatic heterocycles. The van der Waals surface area contributed by atoms with Gasteiger partial charge in [-0.25, -0.2) is 9.78 Å². The highest BCUT2D eigenvalue weighted by atomic mass is 16.5. The molecule has 1 rings (SSSR count). The minimum absolute atomic E-state index is 0.261. The molecule has 0 aliphatic rings. The molecular formula is C8H10N2O3. The van der Waals surface area contributed by atoms with E-state index in [0.717, 1.165) is 0 Å². The van der Waals surface area contributed by atoms with Gasteiger partial charge in [-0.05, 0) is 13.8 Å². The van der Waals surface area contributed by atoms with Crippen molar-refractivity contribution < 1.29 is 14.6 Å². The molecule has 0 amide bonds. The zero-order chi connectivity index (χ0) is 9.84. The summed E-state index contributed by atoms with van der Waals surface area (Å²) in [6, 6.07) is 0. The average molecular weight is 182 g/mol. The van der Waals surface area contributed by atoms with E-state index < -0.39 is 12.1 Å². The summed E-state index contributed by atoms with van der Waals surface area (Å²) >= 11 is 0. The minimum Gasteiger partial charge on any atom is -0.479 e. The number of aromatic nitrogens is 2. The number of nitrogens with zero attached hydrogens (tertiary/aromatic N) is 2. The predicted molar refractivity (Wildman–Crippen MR) is 44.5 cm³/mol. The van der Waals surface area contributed by atoms with Crippen LogP contribution in [0.15, 0.2) is 12.4 Å². The van der Waals surface area contributed by atoms with Gasteiger partial charge in [-0.15, -0.1) is 0 Å². The third-order valence-corrected chi connectivity index (χ3v) is 1.47. The van der Waals surface area contributed by atoms with Crippen molar-refractivity contribution in [3.05, 3.63) is 18.1 Å². The molecule has 70 valence electrons. The molecular weight excluding hydrogens is 172 g/mol. The molecule has 1 heterocycles. The molecule has 1 N–H and O–H groups in total. The van der Waals surface area contributed by atoms with E-state index in [0.29, 0.717) is 5.69 Å². The standard InChI is InChI=1S/C8H10N2O3/c1-5-7(10-4-3-9-5)13-6(2)8(11)12/h3-4,6H,1-2H3,(H,11,12). The molecule has 1 unspecified atom stereocenters. The van der Waals surface area contributed by atoms with E-state index in [2.05, 4.69) is 9.97 Å². The highest BCUT2D eigenvalue weighted by Gasteiger charge is 2.14. The van der Waals surface area contributed by atoms with E-state index in [1.54, 1.807) is 6.92 Å². The Bertz CT molecular complexity index is 314. The van der Waals surface area contributed by atoms with Gasteiger partial charge < -0.3 is 9.84 Å². The maximum absolute atomic E-state index is 10.4. The van der Waals surface area contributed by atoms with Crippen LogP contribution in [0.1, 0.15) is 12.6 Å². The molecule has 0 aromatic carbocycles. The molecule has 1 aromatic rings. The first-order valence-electron chi connectivity index (χ1n) is 3.78. The van der Waals surface area contributed by atoms with Crippen molar-refractivity contribution in [1.29, 1.82) is 0 Å². The summed E-state index contributed by atoms with van der Waals surface area (Å²) < 4.78 is 5.03. The van der Waals surface area contributed by atoms with E-state index in [1.807, 2.05) is 0 Å². The van der Waals surface area contributed by atoms with Crippen molar-refractivity contribution in [3.63, 3.8) is 0 Å². The van der Waals surface area contributed by atoms with Gasteiger partial charge in [0.05, 0.1) is 5.69 Å². The molecule has 0 fully saturated rings. The topological polar surface area (TPSA) is 72.3 Å². The van der Waals surface area contributed by atoms with Gasteiger partial charge in [0.1, 0.15) is 0 Å². The van der Waals surface area contributed by atoms with Crippen molar-refractivity contribution in [1.82, 2.24) is 9.97 Å². The Morgan fingerprint density at radius 1 is 1.54 bits per heavy atom. The second-order valence-corrected chi connectivity index (χ2v) is 2.55. The predicted octanol–water partition coefficient (Wildman–Crippen LogP) is 0.637. The lowest BCUT2D eigenvalue weighted by molar-refractivity contribution is -0.144. The van der Waals surface area contributed by atoms with Gasteiger partial charge in [-0.1, -0.05) is 0 Å². The molecule has 5 heteroatoms. The molecule has 0 aliphatic heterocycles. The van der Waals surface area contributed by atoms with Gasteiger partial charge in [0, 0.05) is 12.4 Å². The molecule has 0 saturated carbocycles. The van der Waals surface area contributed by atoms with Crippen LogP contribution in [0, 0.1) is 6.92 Å². The fourth-order valence-corrected chi connectivity index (χ4v) is 0.728. The maximum atomic E-state index is 10.4. The number of rotatable bonds is 3. The van der Waals surface area contributed by atoms with Crippen molar-refractivity contribution in [2.24, 2.45) is 0 Å². The summed E-state index contributed by atoms with van der Waals surface area (Å²) in [6.45, 7) is 3.15. The number of carbonyl (C=O) groups is 1. The summed E-state index contributed by atoms with van der Waals surface area (Å²) in [5.74, 6) is -0.762. The van der Waals surface area contributed by atoms with Crippen molar-refractivity contribution >= 4 is 5.97 Å². The molecule has 1 atom stereocenters. The van der Waals surface area contributed by atoms with Crippen LogP contribution in [0.25, 0.3) is 0 Å². The van der Waals surface area contributed by atoms with Gasteiger partial charge in [0.2, 0.25) is 5.88 Å². The Morgan fingerprint density at radius 2 is 2.15 bits per heavy atom. The normalized spacial score (nSPS) is 12.2. The molecule has 0 spiro atoms. The van der Waals surface area contributed by atoms with Crippen LogP contribution in [0.2, 0.25) is 0 Å². The fourth-order valence-electron chi connectivity index (χ4n) is 0.728. The van der Waals surface area contributed by atoms with Crippen LogP contribution >= 0.6 is 0 Å². The SMILES string of the molecule is Cc1nccnc1OC(C)C(=O)O. The molecule has 0 aliphatic carbocycles. The lowest BCUT2D eigenvalue weighted by Crippen LogP contribution is -2.23. The van der Waals surface area contributed by atoms with Crippen molar-refractivity contribution in [2.75, 3.05) is 0 Å². The van der Waals surface area contributed by atoms with Crippen LogP contribution in [0.4, 0.5) is 0 Å². The van der Waals surface area contributed by atoms with E-state index in [-0.39, 0.29) is 5.88 Å². The number of aryl methyl sites for hydroxylation is 1. The quantitative estimate of drug-likeness (QED) is 0.742. The largest absolute Gasteiger partial charge is 0.479 e. The van der Waals surface area contributed by atoms with E-state index in [9.17, 15) is 4.79 Å². The second kappa shape index (κ2) is 3.84. The lowest BCUT2D eigenvalue weighted by Gasteiger charge is -2.09. The Labute approximate surface area is 75.4 Å². The number of aliphatic carboxylic acids is 1. The average Bonchev–Trinajstić information content (AvgIpc) is 2.08. The molecule has 0 radical (unpaired) electrons. The first kappa shape index (κ1) is 9.44. The van der Waals surface area contributed by atoms with Gasteiger partial charge in [0.25, 0.3) is 0 Å². The molecule has 5 nitrogen and oxygen atoms in total. The molecule has 0 saturated heterocycles. The van der Waals surface area contributed by atoms with Gasteiger partial charge in [-0.3, -0.25) is 4.98 Å². The summed E-state index contributed by atoms with van der Waals surface area (Å²) in [7, 11) is 0. The van der Waals surface area contributed by atoms with Crippen LogP contribution in [-0.4, -0.2) is 27.1 Å². The summed E-state index contributed by atoms with van der Waals surface area (Å²) in [6.07, 6.45) is 2.07. The van der Waals surface area contributed by atoms with Crippen molar-refractivity contribution in [3.8, 4) is 5.88 Å². The van der Waals surface area contributed by atoms with Crippen molar-refractivity contribution in [2.45, 2.75) is 20.0 Å².